The molecule has 0 nitrogen and oxygen atoms in total. The van der Waals surface area contributed by atoms with Crippen LogP contribution < -0.4 is 0 Å². The molecule has 0 radical (unpaired) electrons. The maximum Gasteiger partial charge on any atom is -0.0253 e. The zero-order valence-electron chi connectivity index (χ0n) is 17.6. The number of halogens is 2. The summed E-state index contributed by atoms with van der Waals surface area (Å²) in [4.78, 5) is 0. The number of fused-ring (bicyclic) bond motifs is 3. The van der Waals surface area contributed by atoms with Crippen molar-refractivity contribution in [1.82, 2.24) is 0 Å². The summed E-state index contributed by atoms with van der Waals surface area (Å²) in [5, 5.41) is 1.49. The maximum absolute atomic E-state index is 3.36. The van der Waals surface area contributed by atoms with E-state index in [9.17, 15) is 0 Å². The molecular weight excluding hydrogens is 451 g/mol. The predicted octanol–water partition coefficient (Wildman–Crippen LogP) is 6.44. The van der Waals surface area contributed by atoms with Crippen LogP contribution in [0.25, 0.3) is 11.1 Å². The van der Waals surface area contributed by atoms with Crippen molar-refractivity contribution in [2.75, 3.05) is 0 Å². The quantitative estimate of drug-likeness (QED) is 0.276. The Morgan fingerprint density at radius 3 is 2.07 bits per heavy atom. The fraction of sp³-hybridized carbons (Fsp3) is 0.217. The Morgan fingerprint density at radius 2 is 1.54 bits per heavy atom. The van der Waals surface area contributed by atoms with Gasteiger partial charge in [-0.05, 0) is 6.42 Å². The molecule has 0 unspecified atom stereocenters. The normalized spacial score (nSPS) is 11.7. The molecule has 0 aromatic heterocycles. The van der Waals surface area contributed by atoms with Crippen LogP contribution in [0.2, 0.25) is 19.6 Å². The van der Waals surface area contributed by atoms with Crippen LogP contribution in [0.3, 0.4) is 0 Å². The van der Waals surface area contributed by atoms with E-state index in [-0.39, 0.29) is 39.7 Å². The minimum Gasteiger partial charge on any atom is -0.179 e. The van der Waals surface area contributed by atoms with Gasteiger partial charge in [0.1, 0.15) is 0 Å². The molecule has 28 heavy (non-hydrogen) atoms. The monoisotopic (exact) mass is 482 g/mol. The van der Waals surface area contributed by atoms with Crippen molar-refractivity contribution in [3.05, 3.63) is 97.9 Å². The molecule has 2 aliphatic carbocycles. The Hall–Kier alpha value is -0.352. The Balaban J connectivity index is -0.000000378. The molecular formula is C23H32Cl2Si2Ti-4. The smallest absolute Gasteiger partial charge is 0.0253 e. The number of hydrogen-bond acceptors (Lipinski definition) is 0. The van der Waals surface area contributed by atoms with Gasteiger partial charge in [0.25, 0.3) is 0 Å². The van der Waals surface area contributed by atoms with Crippen LogP contribution in [0.4, 0.5) is 0 Å². The Labute approximate surface area is 200 Å². The summed E-state index contributed by atoms with van der Waals surface area (Å²) in [5.74, 6) is 0. The summed E-state index contributed by atoms with van der Waals surface area (Å²) in [6.07, 6.45) is 9.87. The molecule has 0 spiro atoms. The third kappa shape index (κ3) is 8.57. The summed E-state index contributed by atoms with van der Waals surface area (Å²) in [7, 11) is 0.856. The van der Waals surface area contributed by atoms with Crippen LogP contribution in [-0.2, 0) is 25.6 Å². The molecule has 0 saturated heterocycles. The summed E-state index contributed by atoms with van der Waals surface area (Å²) < 4.78 is 0. The van der Waals surface area contributed by atoms with E-state index in [1.165, 1.54) is 27.5 Å². The van der Waals surface area contributed by atoms with Crippen molar-refractivity contribution in [1.29, 1.82) is 0 Å². The van der Waals surface area contributed by atoms with E-state index in [0.29, 0.717) is 0 Å². The molecule has 154 valence electrons. The Kier molecular flexibility index (Phi) is 17.9. The molecule has 5 heteroatoms. The van der Waals surface area contributed by atoms with Crippen molar-refractivity contribution in [3.63, 3.8) is 0 Å². The first-order valence-electron chi connectivity index (χ1n) is 8.27. The topological polar surface area (TPSA) is 0 Å². The third-order valence-electron chi connectivity index (χ3n) is 4.12. The van der Waals surface area contributed by atoms with Crippen molar-refractivity contribution in [2.24, 2.45) is 0 Å². The number of benzene rings is 2. The van der Waals surface area contributed by atoms with Gasteiger partial charge in [0.15, 0.2) is 0 Å². The minimum absolute atomic E-state index is 0. The molecule has 4 rings (SSSR count). The molecule has 0 aliphatic heterocycles. The standard InChI is InChI=1S/C13H9.C8H13Si.2CH3.2ClH.H2Si.Ti/c1-3-7-12-10(5-1)9-11-6-2-4-8-13(11)12;1-9(2,3)8-6-4-5-7-8;;;;;;/h1-5,7-8H,9H2;4,6H,5H2,1-3H3;2*1H3;2*1H;1H2;/q4*-1;;;;. The van der Waals surface area contributed by atoms with E-state index in [1.807, 2.05) is 32.9 Å². The van der Waals surface area contributed by atoms with Crippen molar-refractivity contribution in [2.45, 2.75) is 32.5 Å². The van der Waals surface area contributed by atoms with Gasteiger partial charge in [0.2, 0.25) is 0 Å². The van der Waals surface area contributed by atoms with E-state index < -0.39 is 8.07 Å². The van der Waals surface area contributed by atoms with Gasteiger partial charge in [0, 0.05) is 8.07 Å². The molecule has 0 N–H and O–H groups in total. The van der Waals surface area contributed by atoms with E-state index >= 15 is 0 Å². The van der Waals surface area contributed by atoms with E-state index in [2.05, 4.69) is 80.3 Å². The minimum atomic E-state index is -1.01. The SMILES string of the molecule is C[Si](C)(C)C1=[C-]CC=C1.Cl.Cl.[CH3-].[CH3-].[SiH2]=[Ti].[c-]1cccc2c1Cc1ccccc1-2. The first-order valence-corrected chi connectivity index (χ1v) is 15.8. The van der Waals surface area contributed by atoms with Gasteiger partial charge in [-0.1, -0.05) is 55.0 Å². The zero-order valence-corrected chi connectivity index (χ0v) is 23.2. The molecule has 0 fully saturated rings. The van der Waals surface area contributed by atoms with Crippen molar-refractivity contribution < 1.29 is 19.2 Å². The van der Waals surface area contributed by atoms with Crippen LogP contribution in [0, 0.1) is 27.0 Å². The van der Waals surface area contributed by atoms with Gasteiger partial charge >= 0.3 is 26.8 Å². The fourth-order valence-corrected chi connectivity index (χ4v) is 4.17. The first kappa shape index (κ1) is 32.3. The fourth-order valence-electron chi connectivity index (χ4n) is 2.92. The van der Waals surface area contributed by atoms with Crippen LogP contribution in [-0.4, -0.2) is 15.7 Å². The third-order valence-corrected chi connectivity index (χ3v) is 6.08. The number of hydrogen-bond donors (Lipinski definition) is 0. The van der Waals surface area contributed by atoms with Crippen LogP contribution >= 0.6 is 24.8 Å². The molecule has 2 aliphatic rings. The van der Waals surface area contributed by atoms with Crippen molar-refractivity contribution >= 4 is 40.5 Å². The number of rotatable bonds is 1. The molecule has 0 bridgehead atoms. The summed E-state index contributed by atoms with van der Waals surface area (Å²) >= 11 is 2.03. The van der Waals surface area contributed by atoms with Gasteiger partial charge in [0.05, 0.1) is 0 Å². The van der Waals surface area contributed by atoms with Gasteiger partial charge in [-0.25, -0.2) is 11.3 Å². The molecule has 0 saturated carbocycles. The van der Waals surface area contributed by atoms with E-state index in [4.69, 9.17) is 0 Å². The van der Waals surface area contributed by atoms with E-state index in [1.54, 1.807) is 0 Å². The van der Waals surface area contributed by atoms with Gasteiger partial charge in [-0.2, -0.15) is 35.9 Å². The van der Waals surface area contributed by atoms with Crippen LogP contribution in [0.5, 0.6) is 0 Å². The van der Waals surface area contributed by atoms with Gasteiger partial charge in [-0.3, -0.25) is 6.08 Å². The first-order chi connectivity index (χ1) is 11.6. The largest absolute Gasteiger partial charge is 0.179 e. The average Bonchev–Trinajstić information content (AvgIpc) is 3.25. The second-order valence-electron chi connectivity index (χ2n) is 6.84. The summed E-state index contributed by atoms with van der Waals surface area (Å²) in [5.41, 5.74) is 5.51. The van der Waals surface area contributed by atoms with Gasteiger partial charge < -0.3 is 14.9 Å². The molecule has 0 heterocycles. The summed E-state index contributed by atoms with van der Waals surface area (Å²) in [6.45, 7) is 7.06. The number of allylic oxidation sites excluding steroid dienone is 4. The zero-order chi connectivity index (χ0) is 17.6. The Morgan fingerprint density at radius 1 is 0.929 bits per heavy atom. The molecule has 2 aromatic rings. The van der Waals surface area contributed by atoms with Crippen LogP contribution in [0.1, 0.15) is 17.5 Å². The van der Waals surface area contributed by atoms with E-state index in [0.717, 1.165) is 12.8 Å². The average molecular weight is 483 g/mol. The second-order valence-corrected chi connectivity index (χ2v) is 11.9. The maximum atomic E-state index is 3.36. The van der Waals surface area contributed by atoms with Crippen molar-refractivity contribution in [3.8, 4) is 11.1 Å². The predicted molar refractivity (Wildman–Crippen MR) is 133 cm³/mol. The molecule has 2 aromatic carbocycles. The summed E-state index contributed by atoms with van der Waals surface area (Å²) in [6, 6.07) is 18.1. The second kappa shape index (κ2) is 15.5. The van der Waals surface area contributed by atoms with Crippen LogP contribution in [0.15, 0.2) is 59.8 Å². The molecule has 0 amide bonds. The Bertz CT molecular complexity index is 722. The van der Waals surface area contributed by atoms with Gasteiger partial charge in [-0.15, -0.1) is 36.8 Å². The molecule has 0 atom stereocenters.